The van der Waals surface area contributed by atoms with Crippen molar-refractivity contribution in [3.05, 3.63) is 11.3 Å². The minimum absolute atomic E-state index is 0.0144. The fourth-order valence-electron chi connectivity index (χ4n) is 3.75. The molecule has 0 aromatic carbocycles. The summed E-state index contributed by atoms with van der Waals surface area (Å²) in [6, 6.07) is 0. The lowest BCUT2D eigenvalue weighted by Crippen LogP contribution is -2.47. The molecule has 0 saturated carbocycles. The summed E-state index contributed by atoms with van der Waals surface area (Å²) in [5.74, 6) is -0.0144. The molecule has 3 rings (SSSR count). The summed E-state index contributed by atoms with van der Waals surface area (Å²) in [5.41, 5.74) is 2.72. The molecule has 1 fully saturated rings. The quantitative estimate of drug-likeness (QED) is 0.636. The van der Waals surface area contributed by atoms with E-state index in [0.717, 1.165) is 25.8 Å². The Balaban J connectivity index is 1.95. The maximum atomic E-state index is 12.1. The average Bonchev–Trinajstić information content (AvgIpc) is 2.84. The summed E-state index contributed by atoms with van der Waals surface area (Å²) in [5, 5.41) is 0. The Hall–Kier alpha value is -0.990. The second-order valence-corrected chi connectivity index (χ2v) is 5.21. The number of allylic oxidation sites excluding steroid dienone is 1. The summed E-state index contributed by atoms with van der Waals surface area (Å²) >= 11 is 0. The second kappa shape index (κ2) is 3.51. The van der Waals surface area contributed by atoms with Gasteiger partial charge in [-0.1, -0.05) is 0 Å². The Morgan fingerprint density at radius 2 is 2.12 bits per heavy atom. The van der Waals surface area contributed by atoms with Crippen molar-refractivity contribution in [2.45, 2.75) is 50.5 Å². The molecule has 2 heterocycles. The van der Waals surface area contributed by atoms with Crippen LogP contribution in [0.4, 0.5) is 0 Å². The number of methoxy groups -OCH3 is 1. The number of esters is 1. The highest BCUT2D eigenvalue weighted by Crippen LogP contribution is 2.49. The van der Waals surface area contributed by atoms with Crippen molar-refractivity contribution in [1.82, 2.24) is 4.90 Å². The Morgan fingerprint density at radius 3 is 2.94 bits per heavy atom. The van der Waals surface area contributed by atoms with Gasteiger partial charge in [0.05, 0.1) is 7.11 Å². The number of hydrogen-bond donors (Lipinski definition) is 0. The van der Waals surface area contributed by atoms with Crippen LogP contribution in [0.15, 0.2) is 11.3 Å². The number of fused-ring (bicyclic) bond motifs is 2. The summed E-state index contributed by atoms with van der Waals surface area (Å²) in [6.07, 6.45) is 8.00. The van der Waals surface area contributed by atoms with Crippen LogP contribution in [0.3, 0.4) is 0 Å². The lowest BCUT2D eigenvalue weighted by molar-refractivity contribution is -0.151. The summed E-state index contributed by atoms with van der Waals surface area (Å²) in [4.78, 5) is 14.4. The molecule has 1 atom stereocenters. The maximum absolute atomic E-state index is 12.1. The normalized spacial score (nSPS) is 32.7. The average molecular weight is 221 g/mol. The van der Waals surface area contributed by atoms with Gasteiger partial charge < -0.3 is 9.64 Å². The molecule has 1 saturated heterocycles. The Kier molecular flexibility index (Phi) is 2.23. The van der Waals surface area contributed by atoms with Gasteiger partial charge in [-0.05, 0) is 44.1 Å². The minimum Gasteiger partial charge on any atom is -0.467 e. The minimum atomic E-state index is -0.302. The second-order valence-electron chi connectivity index (χ2n) is 5.21. The molecule has 16 heavy (non-hydrogen) atoms. The van der Waals surface area contributed by atoms with Crippen LogP contribution in [0.1, 0.15) is 44.9 Å². The SMILES string of the molecule is COC(=O)C12CCCN1C1=C(CCCC1)C2. The molecule has 0 spiro atoms. The van der Waals surface area contributed by atoms with E-state index in [2.05, 4.69) is 4.90 Å². The molecule has 3 aliphatic rings. The van der Waals surface area contributed by atoms with Crippen molar-refractivity contribution in [2.75, 3.05) is 13.7 Å². The third-order valence-electron chi connectivity index (χ3n) is 4.44. The van der Waals surface area contributed by atoms with Crippen LogP contribution in [0, 0.1) is 0 Å². The largest absolute Gasteiger partial charge is 0.467 e. The first-order chi connectivity index (χ1) is 7.78. The number of rotatable bonds is 1. The molecule has 2 aliphatic heterocycles. The molecule has 0 aromatic rings. The molecule has 0 radical (unpaired) electrons. The third kappa shape index (κ3) is 1.17. The molecule has 3 heteroatoms. The van der Waals surface area contributed by atoms with Crippen molar-refractivity contribution in [3.63, 3.8) is 0 Å². The standard InChI is InChI=1S/C13H19NO2/c1-16-12(15)13-7-4-8-14(13)11-6-3-2-5-10(11)9-13/h2-9H2,1H3. The molecular weight excluding hydrogens is 202 g/mol. The van der Waals surface area contributed by atoms with Gasteiger partial charge in [0.2, 0.25) is 0 Å². The lowest BCUT2D eigenvalue weighted by Gasteiger charge is -2.33. The number of hydrogen-bond acceptors (Lipinski definition) is 3. The molecule has 0 N–H and O–H groups in total. The maximum Gasteiger partial charge on any atom is 0.332 e. The predicted octanol–water partition coefficient (Wildman–Crippen LogP) is 2.23. The van der Waals surface area contributed by atoms with Gasteiger partial charge >= 0.3 is 5.97 Å². The van der Waals surface area contributed by atoms with Crippen molar-refractivity contribution >= 4 is 5.97 Å². The molecule has 88 valence electrons. The van der Waals surface area contributed by atoms with Crippen LogP contribution in [0.5, 0.6) is 0 Å². The van der Waals surface area contributed by atoms with Gasteiger partial charge in [0, 0.05) is 18.7 Å². The van der Waals surface area contributed by atoms with E-state index in [1.807, 2.05) is 0 Å². The van der Waals surface area contributed by atoms with Crippen LogP contribution < -0.4 is 0 Å². The first kappa shape index (κ1) is 10.2. The lowest BCUT2D eigenvalue weighted by atomic mass is 9.88. The van der Waals surface area contributed by atoms with Gasteiger partial charge in [-0.15, -0.1) is 0 Å². The van der Waals surface area contributed by atoms with Crippen LogP contribution >= 0.6 is 0 Å². The Morgan fingerprint density at radius 1 is 1.31 bits per heavy atom. The first-order valence-corrected chi connectivity index (χ1v) is 6.35. The Bertz CT molecular complexity index is 361. The van der Waals surface area contributed by atoms with E-state index in [1.54, 1.807) is 0 Å². The number of nitrogens with zero attached hydrogens (tertiary/aromatic N) is 1. The van der Waals surface area contributed by atoms with Crippen LogP contribution in [-0.4, -0.2) is 30.1 Å². The zero-order valence-corrected chi connectivity index (χ0v) is 9.92. The monoisotopic (exact) mass is 221 g/mol. The van der Waals surface area contributed by atoms with Crippen LogP contribution in [0.25, 0.3) is 0 Å². The molecule has 0 amide bonds. The van der Waals surface area contributed by atoms with E-state index < -0.39 is 0 Å². The summed E-state index contributed by atoms with van der Waals surface area (Å²) < 4.78 is 5.04. The van der Waals surface area contributed by atoms with E-state index in [9.17, 15) is 4.79 Å². The van der Waals surface area contributed by atoms with Gasteiger partial charge in [-0.25, -0.2) is 4.79 Å². The highest BCUT2D eigenvalue weighted by atomic mass is 16.5. The van der Waals surface area contributed by atoms with E-state index in [1.165, 1.54) is 44.1 Å². The third-order valence-corrected chi connectivity index (χ3v) is 4.44. The van der Waals surface area contributed by atoms with Crippen LogP contribution in [-0.2, 0) is 9.53 Å². The first-order valence-electron chi connectivity index (χ1n) is 6.35. The molecule has 3 nitrogen and oxygen atoms in total. The molecule has 0 aromatic heterocycles. The zero-order chi connectivity index (χ0) is 11.2. The zero-order valence-electron chi connectivity index (χ0n) is 9.92. The van der Waals surface area contributed by atoms with E-state index in [0.29, 0.717) is 0 Å². The van der Waals surface area contributed by atoms with Gasteiger partial charge in [-0.2, -0.15) is 0 Å². The van der Waals surface area contributed by atoms with Gasteiger partial charge in [0.1, 0.15) is 5.54 Å². The summed E-state index contributed by atoms with van der Waals surface area (Å²) in [7, 11) is 1.52. The number of ether oxygens (including phenoxy) is 1. The summed E-state index contributed by atoms with van der Waals surface area (Å²) in [6.45, 7) is 1.05. The topological polar surface area (TPSA) is 29.5 Å². The van der Waals surface area contributed by atoms with Gasteiger partial charge in [-0.3, -0.25) is 0 Å². The van der Waals surface area contributed by atoms with E-state index in [-0.39, 0.29) is 11.5 Å². The highest BCUT2D eigenvalue weighted by molar-refractivity contribution is 5.83. The predicted molar refractivity (Wildman–Crippen MR) is 60.8 cm³/mol. The van der Waals surface area contributed by atoms with Gasteiger partial charge in [0.15, 0.2) is 0 Å². The fourth-order valence-corrected chi connectivity index (χ4v) is 3.75. The number of carbonyl (C=O) groups excluding carboxylic acids is 1. The van der Waals surface area contributed by atoms with Crippen molar-refractivity contribution < 1.29 is 9.53 Å². The van der Waals surface area contributed by atoms with Gasteiger partial charge in [0.25, 0.3) is 0 Å². The van der Waals surface area contributed by atoms with Crippen molar-refractivity contribution in [2.24, 2.45) is 0 Å². The van der Waals surface area contributed by atoms with E-state index in [4.69, 9.17) is 4.74 Å². The van der Waals surface area contributed by atoms with E-state index >= 15 is 0 Å². The molecular formula is C13H19NO2. The fraction of sp³-hybridized carbons (Fsp3) is 0.769. The highest BCUT2D eigenvalue weighted by Gasteiger charge is 2.54. The van der Waals surface area contributed by atoms with Crippen molar-refractivity contribution in [1.29, 1.82) is 0 Å². The molecule has 1 unspecified atom stereocenters. The smallest absolute Gasteiger partial charge is 0.332 e. The molecule has 1 aliphatic carbocycles. The number of carbonyl (C=O) groups is 1. The Labute approximate surface area is 96.4 Å². The molecule has 0 bridgehead atoms. The van der Waals surface area contributed by atoms with Crippen LogP contribution in [0.2, 0.25) is 0 Å². The van der Waals surface area contributed by atoms with Crippen molar-refractivity contribution in [3.8, 4) is 0 Å².